The molecule has 1 aromatic heterocycles. The molecule has 0 N–H and O–H groups in total. The highest BCUT2D eigenvalue weighted by molar-refractivity contribution is 5.80. The van der Waals surface area contributed by atoms with Crippen LogP contribution in [0.3, 0.4) is 0 Å². The number of hydrogen-bond acceptors (Lipinski definition) is 2. The van der Waals surface area contributed by atoms with Gasteiger partial charge in [-0.25, -0.2) is 9.97 Å². The summed E-state index contributed by atoms with van der Waals surface area (Å²) < 4.78 is 0. The Morgan fingerprint density at radius 3 is 0.897 bits per heavy atom. The van der Waals surface area contributed by atoms with Crippen LogP contribution in [0.15, 0.2) is 146 Å². The van der Waals surface area contributed by atoms with Gasteiger partial charge in [0.25, 0.3) is 0 Å². The molecule has 58 heavy (non-hydrogen) atoms. The highest BCUT2D eigenvalue weighted by Gasteiger charge is 2.24. The van der Waals surface area contributed by atoms with Crippen molar-refractivity contribution in [1.82, 2.24) is 9.97 Å². The van der Waals surface area contributed by atoms with E-state index in [1.165, 1.54) is 55.6 Å². The van der Waals surface area contributed by atoms with Gasteiger partial charge in [-0.1, -0.05) is 210 Å². The number of hydrogen-bond donors (Lipinski definition) is 0. The molecule has 6 aromatic carbocycles. The molecule has 7 rings (SSSR count). The summed E-state index contributed by atoms with van der Waals surface area (Å²) in [6.45, 7) is 27.8. The summed E-state index contributed by atoms with van der Waals surface area (Å²) in [4.78, 5) is 10.2. The molecule has 7 aromatic rings. The Morgan fingerprint density at radius 2 is 0.552 bits per heavy atom. The molecule has 0 unspecified atom stereocenters. The fraction of sp³-hybridized carbons (Fsp3) is 0.286. The lowest BCUT2D eigenvalue weighted by atomic mass is 9.77. The Balaban J connectivity index is 1.35. The van der Waals surface area contributed by atoms with Gasteiger partial charge in [0.1, 0.15) is 0 Å². The van der Waals surface area contributed by atoms with Crippen molar-refractivity contribution >= 4 is 0 Å². The molecule has 1 heterocycles. The van der Waals surface area contributed by atoms with Crippen LogP contribution in [-0.4, -0.2) is 9.97 Å². The minimum Gasteiger partial charge on any atom is -0.228 e. The highest BCUT2D eigenvalue weighted by Crippen LogP contribution is 2.40. The van der Waals surface area contributed by atoms with E-state index in [9.17, 15) is 0 Å². The van der Waals surface area contributed by atoms with Crippen LogP contribution in [0.4, 0.5) is 0 Å². The summed E-state index contributed by atoms with van der Waals surface area (Å²) in [5, 5.41) is 0. The Hall–Kier alpha value is -5.60. The number of aromatic nitrogens is 2. The molecule has 0 atom stereocenters. The smallest absolute Gasteiger partial charge is 0.160 e. The molecule has 294 valence electrons. The molecule has 2 heteroatoms. The van der Waals surface area contributed by atoms with Gasteiger partial charge in [-0.05, 0) is 95.5 Å². The number of nitrogens with zero attached hydrogens (tertiary/aromatic N) is 2. The number of rotatable bonds is 6. The lowest BCUT2D eigenvalue weighted by molar-refractivity contribution is 0.569. The topological polar surface area (TPSA) is 25.8 Å². The van der Waals surface area contributed by atoms with Crippen LogP contribution in [-0.2, 0) is 21.7 Å². The second kappa shape index (κ2) is 15.3. The summed E-state index contributed by atoms with van der Waals surface area (Å²) in [6.07, 6.45) is 0. The van der Waals surface area contributed by atoms with Gasteiger partial charge in [0.2, 0.25) is 0 Å². The Morgan fingerprint density at radius 1 is 0.259 bits per heavy atom. The van der Waals surface area contributed by atoms with Gasteiger partial charge in [0.05, 0.1) is 11.4 Å². The molecular formula is C56H60N2. The molecule has 0 saturated heterocycles. The molecule has 0 bridgehead atoms. The van der Waals surface area contributed by atoms with Crippen molar-refractivity contribution in [3.05, 3.63) is 168 Å². The fourth-order valence-corrected chi connectivity index (χ4v) is 7.35. The standard InChI is InChI=1S/C56H60N2/c1-53(2,3)46-29-41(37-23-25-40(26-24-37)52-57-50(38-19-15-13-16-20-38)36-51(58-52)39-21-17-14-18-22-39)27-42(30-46)43-28-44(32-47(31-43)54(4,5)6)45-33-48(55(7,8)9)35-49(34-45)56(10,11)12/h13-36H,1-12H3. The summed E-state index contributed by atoms with van der Waals surface area (Å²) >= 11 is 0. The second-order valence-electron chi connectivity index (χ2n) is 20.2. The third-order valence-corrected chi connectivity index (χ3v) is 11.3. The Labute approximate surface area is 348 Å². The maximum atomic E-state index is 5.09. The van der Waals surface area contributed by atoms with Crippen molar-refractivity contribution in [3.63, 3.8) is 0 Å². The van der Waals surface area contributed by atoms with Gasteiger partial charge >= 0.3 is 0 Å². The molecule has 0 fully saturated rings. The van der Waals surface area contributed by atoms with Crippen molar-refractivity contribution in [1.29, 1.82) is 0 Å². The molecule has 0 amide bonds. The third-order valence-electron chi connectivity index (χ3n) is 11.3. The van der Waals surface area contributed by atoms with Crippen molar-refractivity contribution in [2.75, 3.05) is 0 Å². The van der Waals surface area contributed by atoms with Crippen LogP contribution in [0.5, 0.6) is 0 Å². The van der Waals surface area contributed by atoms with E-state index in [2.05, 4.69) is 217 Å². The van der Waals surface area contributed by atoms with Gasteiger partial charge in [-0.15, -0.1) is 0 Å². The summed E-state index contributed by atoms with van der Waals surface area (Å²) in [5.74, 6) is 0.715. The van der Waals surface area contributed by atoms with E-state index in [1.54, 1.807) is 0 Å². The van der Waals surface area contributed by atoms with E-state index in [-0.39, 0.29) is 21.7 Å². The van der Waals surface area contributed by atoms with E-state index in [4.69, 9.17) is 9.97 Å². The van der Waals surface area contributed by atoms with Crippen LogP contribution in [0, 0.1) is 0 Å². The fourth-order valence-electron chi connectivity index (χ4n) is 7.35. The summed E-state index contributed by atoms with van der Waals surface area (Å²) in [6, 6.07) is 53.3. The zero-order chi connectivity index (χ0) is 41.6. The van der Waals surface area contributed by atoms with E-state index < -0.39 is 0 Å². The van der Waals surface area contributed by atoms with Crippen molar-refractivity contribution in [3.8, 4) is 67.3 Å². The van der Waals surface area contributed by atoms with Gasteiger partial charge < -0.3 is 0 Å². The molecule has 0 aliphatic rings. The van der Waals surface area contributed by atoms with Crippen LogP contribution < -0.4 is 0 Å². The average Bonchev–Trinajstić information content (AvgIpc) is 3.19. The maximum Gasteiger partial charge on any atom is 0.160 e. The first-order valence-corrected chi connectivity index (χ1v) is 20.8. The van der Waals surface area contributed by atoms with E-state index in [0.29, 0.717) is 5.82 Å². The normalized spacial score (nSPS) is 12.5. The maximum absolute atomic E-state index is 5.09. The minimum atomic E-state index is -0.0443. The first-order chi connectivity index (χ1) is 27.2. The molecular weight excluding hydrogens is 701 g/mol. The molecule has 0 aliphatic heterocycles. The van der Waals surface area contributed by atoms with Crippen molar-refractivity contribution in [2.24, 2.45) is 0 Å². The first-order valence-electron chi connectivity index (χ1n) is 20.8. The van der Waals surface area contributed by atoms with Crippen LogP contribution in [0.1, 0.15) is 105 Å². The quantitative estimate of drug-likeness (QED) is 0.169. The zero-order valence-electron chi connectivity index (χ0n) is 36.8. The molecule has 2 nitrogen and oxygen atoms in total. The van der Waals surface area contributed by atoms with E-state index in [0.717, 1.165) is 28.1 Å². The van der Waals surface area contributed by atoms with Crippen molar-refractivity contribution in [2.45, 2.75) is 105 Å². The Bertz CT molecular complexity index is 2460. The zero-order valence-corrected chi connectivity index (χ0v) is 36.8. The lowest BCUT2D eigenvalue weighted by Gasteiger charge is -2.27. The molecule has 0 spiro atoms. The summed E-state index contributed by atoms with van der Waals surface area (Å²) in [7, 11) is 0. The monoisotopic (exact) mass is 760 g/mol. The highest BCUT2D eigenvalue weighted by atomic mass is 14.9. The van der Waals surface area contributed by atoms with Gasteiger partial charge in [0.15, 0.2) is 5.82 Å². The SMILES string of the molecule is CC(C)(C)c1cc(-c2ccc(-c3nc(-c4ccccc4)cc(-c4ccccc4)n3)cc2)cc(-c2cc(-c3cc(C(C)(C)C)cc(C(C)(C)C)c3)cc(C(C)(C)C)c2)c1. The lowest BCUT2D eigenvalue weighted by Crippen LogP contribution is -2.16. The van der Waals surface area contributed by atoms with Gasteiger partial charge in [-0.2, -0.15) is 0 Å². The van der Waals surface area contributed by atoms with Gasteiger partial charge in [-0.3, -0.25) is 0 Å². The molecule has 0 radical (unpaired) electrons. The third kappa shape index (κ3) is 9.08. The first kappa shape index (κ1) is 40.6. The average molecular weight is 761 g/mol. The van der Waals surface area contributed by atoms with Crippen LogP contribution >= 0.6 is 0 Å². The molecule has 0 aliphatic carbocycles. The van der Waals surface area contributed by atoms with Crippen LogP contribution in [0.2, 0.25) is 0 Å². The Kier molecular flexibility index (Phi) is 10.7. The van der Waals surface area contributed by atoms with E-state index >= 15 is 0 Å². The summed E-state index contributed by atoms with van der Waals surface area (Å²) in [5.41, 5.74) is 17.7. The predicted octanol–water partition coefficient (Wildman–Crippen LogP) is 15.7. The minimum absolute atomic E-state index is 0.0280. The van der Waals surface area contributed by atoms with Crippen LogP contribution in [0.25, 0.3) is 67.3 Å². The van der Waals surface area contributed by atoms with E-state index in [1.807, 2.05) is 12.1 Å². The largest absolute Gasteiger partial charge is 0.228 e. The predicted molar refractivity (Wildman–Crippen MR) is 249 cm³/mol. The van der Waals surface area contributed by atoms with Gasteiger partial charge in [0, 0.05) is 16.7 Å². The van der Waals surface area contributed by atoms with Crippen molar-refractivity contribution < 1.29 is 0 Å². The molecule has 0 saturated carbocycles. The number of benzene rings is 6. The second-order valence-corrected chi connectivity index (χ2v) is 20.2.